The molecule has 190 valence electrons. The Morgan fingerprint density at radius 1 is 1.03 bits per heavy atom. The molecule has 0 radical (unpaired) electrons. The van der Waals surface area contributed by atoms with Crippen molar-refractivity contribution < 1.29 is 9.47 Å². The molecule has 5 rings (SSSR count). The molecule has 0 aliphatic carbocycles. The Kier molecular flexibility index (Phi) is 8.64. The molecule has 1 aliphatic heterocycles. The molecule has 0 amide bonds. The largest absolute Gasteiger partial charge is 0.382 e. The summed E-state index contributed by atoms with van der Waals surface area (Å²) in [7, 11) is 3.60. The highest BCUT2D eigenvalue weighted by Crippen LogP contribution is 2.32. The molecule has 0 bridgehead atoms. The number of aromatic nitrogens is 4. The van der Waals surface area contributed by atoms with E-state index in [0.717, 1.165) is 29.8 Å². The van der Waals surface area contributed by atoms with Crippen LogP contribution in [0, 0.1) is 0 Å². The lowest BCUT2D eigenvalue weighted by Crippen LogP contribution is -2.18. The van der Waals surface area contributed by atoms with Gasteiger partial charge in [0.1, 0.15) is 12.1 Å². The van der Waals surface area contributed by atoms with Gasteiger partial charge >= 0.3 is 0 Å². The molecule has 2 atom stereocenters. The molecule has 36 heavy (non-hydrogen) atoms. The fourth-order valence-electron chi connectivity index (χ4n) is 4.73. The third-order valence-corrected chi connectivity index (χ3v) is 6.43. The quantitative estimate of drug-likeness (QED) is 0.333. The molecule has 1 saturated heterocycles. The molecule has 8 heteroatoms. The third-order valence-electron chi connectivity index (χ3n) is 6.43. The van der Waals surface area contributed by atoms with E-state index in [1.807, 2.05) is 30.1 Å². The summed E-state index contributed by atoms with van der Waals surface area (Å²) in [5.74, 6) is 1.62. The first-order chi connectivity index (χ1) is 17.3. The minimum absolute atomic E-state index is 0. The maximum atomic E-state index is 6.21. The van der Waals surface area contributed by atoms with Crippen molar-refractivity contribution >= 4 is 17.0 Å². The van der Waals surface area contributed by atoms with Crippen molar-refractivity contribution in [2.75, 3.05) is 32.6 Å². The zero-order valence-corrected chi connectivity index (χ0v) is 20.2. The van der Waals surface area contributed by atoms with Crippen LogP contribution in [0.4, 0.5) is 5.82 Å². The lowest BCUT2D eigenvalue weighted by atomic mass is 9.91. The fourth-order valence-corrected chi connectivity index (χ4v) is 4.73. The minimum atomic E-state index is -0.105. The Balaban J connectivity index is 0.00000304. The Morgan fingerprint density at radius 2 is 1.72 bits per heavy atom. The molecule has 2 N–H and O–H groups in total. The van der Waals surface area contributed by atoms with Gasteiger partial charge in [-0.05, 0) is 31.0 Å². The average molecular weight is 489 g/mol. The molecule has 0 saturated carbocycles. The topological polar surface area (TPSA) is 86.1 Å². The number of methoxy groups -OCH3 is 1. The predicted octanol–water partition coefficient (Wildman–Crippen LogP) is 4.75. The van der Waals surface area contributed by atoms with Crippen molar-refractivity contribution in [3.05, 3.63) is 83.9 Å². The maximum absolute atomic E-state index is 6.21. The van der Waals surface area contributed by atoms with E-state index in [2.05, 4.69) is 59.2 Å². The lowest BCUT2D eigenvalue weighted by molar-refractivity contribution is -0.0300. The number of ether oxygens (including phenoxy) is 2. The summed E-state index contributed by atoms with van der Waals surface area (Å²) >= 11 is 0. The Hall–Kier alpha value is -3.33. The number of hydrogen-bond acceptors (Lipinski definition) is 7. The van der Waals surface area contributed by atoms with Crippen LogP contribution in [0.3, 0.4) is 0 Å². The van der Waals surface area contributed by atoms with Gasteiger partial charge in [-0.2, -0.15) is 0 Å². The maximum Gasteiger partial charge on any atom is 0.167 e. The van der Waals surface area contributed by atoms with E-state index >= 15 is 0 Å². The third kappa shape index (κ3) is 5.56. The molecule has 8 nitrogen and oxygen atoms in total. The number of benzene rings is 2. The second-order valence-electron chi connectivity index (χ2n) is 8.84. The summed E-state index contributed by atoms with van der Waals surface area (Å²) in [5.41, 5.74) is 4.04. The zero-order valence-electron chi connectivity index (χ0n) is 20.2. The summed E-state index contributed by atoms with van der Waals surface area (Å²) in [4.78, 5) is 14.3. The van der Waals surface area contributed by atoms with Crippen molar-refractivity contribution in [1.82, 2.24) is 24.8 Å². The van der Waals surface area contributed by atoms with Crippen molar-refractivity contribution in [1.29, 1.82) is 0 Å². The highest BCUT2D eigenvalue weighted by atomic mass is 16.5. The Bertz CT molecular complexity index is 1190. The van der Waals surface area contributed by atoms with Crippen molar-refractivity contribution in [2.45, 2.75) is 45.1 Å². The Morgan fingerprint density at radius 3 is 2.36 bits per heavy atom. The molecule has 2 aromatic heterocycles. The van der Waals surface area contributed by atoms with Crippen LogP contribution in [0.5, 0.6) is 0 Å². The molecule has 1 aliphatic rings. The zero-order chi connectivity index (χ0) is 24.0. The van der Waals surface area contributed by atoms with E-state index in [9.17, 15) is 0 Å². The van der Waals surface area contributed by atoms with Gasteiger partial charge in [0.05, 0.1) is 25.6 Å². The van der Waals surface area contributed by atoms with Gasteiger partial charge in [0.2, 0.25) is 0 Å². The van der Waals surface area contributed by atoms with E-state index in [1.54, 1.807) is 7.11 Å². The normalized spacial score (nSPS) is 17.4. The predicted molar refractivity (Wildman–Crippen MR) is 143 cm³/mol. The molecule has 3 heterocycles. The summed E-state index contributed by atoms with van der Waals surface area (Å²) in [6, 6.07) is 21.1. The van der Waals surface area contributed by atoms with Gasteiger partial charge in [0, 0.05) is 19.6 Å². The van der Waals surface area contributed by atoms with Crippen LogP contribution >= 0.6 is 0 Å². The highest BCUT2D eigenvalue weighted by molar-refractivity contribution is 5.83. The van der Waals surface area contributed by atoms with Gasteiger partial charge in [-0.15, -0.1) is 0 Å². The SMILES string of the molecule is C.CNCc1nc(NCC(c2ccccc2)c2ccccc2)c2ncn(C3CCC(COC)O3)c2n1. The first-order valence-electron chi connectivity index (χ1n) is 12.1. The molecule has 2 aromatic carbocycles. The summed E-state index contributed by atoms with van der Waals surface area (Å²) in [6.45, 7) is 1.84. The highest BCUT2D eigenvalue weighted by Gasteiger charge is 2.28. The van der Waals surface area contributed by atoms with Crippen LogP contribution in [0.15, 0.2) is 67.0 Å². The monoisotopic (exact) mass is 488 g/mol. The van der Waals surface area contributed by atoms with Gasteiger partial charge in [-0.1, -0.05) is 68.1 Å². The second-order valence-corrected chi connectivity index (χ2v) is 8.84. The number of fused-ring (bicyclic) bond motifs is 1. The van der Waals surface area contributed by atoms with E-state index < -0.39 is 0 Å². The van der Waals surface area contributed by atoms with E-state index in [0.29, 0.717) is 25.5 Å². The average Bonchev–Trinajstić information content (AvgIpc) is 3.53. The van der Waals surface area contributed by atoms with Crippen LogP contribution in [0.2, 0.25) is 0 Å². The van der Waals surface area contributed by atoms with E-state index in [-0.39, 0.29) is 25.7 Å². The molecule has 2 unspecified atom stereocenters. The van der Waals surface area contributed by atoms with E-state index in [4.69, 9.17) is 24.4 Å². The van der Waals surface area contributed by atoms with Gasteiger partial charge in [-0.25, -0.2) is 15.0 Å². The summed E-state index contributed by atoms with van der Waals surface area (Å²) in [5, 5.41) is 6.77. The van der Waals surface area contributed by atoms with Crippen molar-refractivity contribution in [2.24, 2.45) is 0 Å². The fraction of sp³-hybridized carbons (Fsp3) is 0.393. The number of hydrogen-bond donors (Lipinski definition) is 2. The van der Waals surface area contributed by atoms with E-state index in [1.165, 1.54) is 11.1 Å². The van der Waals surface area contributed by atoms with Crippen LogP contribution in [-0.4, -0.2) is 52.9 Å². The first-order valence-corrected chi connectivity index (χ1v) is 12.1. The first kappa shape index (κ1) is 25.8. The molecular weight excluding hydrogens is 452 g/mol. The standard InChI is InChI=1S/C27H32N6O2.CH4/c1-28-16-23-31-26(25-27(32-23)33(18-30-25)24-14-13-21(35-24)17-34-2)29-15-22(19-9-5-3-6-10-19)20-11-7-4-8-12-20;/h3-12,18,21-22,24,28H,13-17H2,1-2H3,(H,29,31,32);1H4. The second kappa shape index (κ2) is 12.1. The van der Waals surface area contributed by atoms with Gasteiger partial charge < -0.3 is 20.1 Å². The van der Waals surface area contributed by atoms with Crippen LogP contribution in [-0.2, 0) is 16.0 Å². The smallest absolute Gasteiger partial charge is 0.167 e. The number of nitrogens with one attached hydrogen (secondary N) is 2. The molecular formula is C28H36N6O2. The van der Waals surface area contributed by atoms with Crippen LogP contribution < -0.4 is 10.6 Å². The summed E-state index contributed by atoms with van der Waals surface area (Å²) < 4.78 is 13.5. The number of anilines is 1. The molecule has 0 spiro atoms. The lowest BCUT2D eigenvalue weighted by Gasteiger charge is -2.20. The minimum Gasteiger partial charge on any atom is -0.382 e. The Labute approximate surface area is 213 Å². The number of imidazole rings is 1. The van der Waals surface area contributed by atoms with Gasteiger partial charge in [0.25, 0.3) is 0 Å². The van der Waals surface area contributed by atoms with Gasteiger partial charge in [0.15, 0.2) is 17.0 Å². The van der Waals surface area contributed by atoms with Crippen LogP contribution in [0.25, 0.3) is 11.2 Å². The number of nitrogens with zero attached hydrogens (tertiary/aromatic N) is 4. The number of rotatable bonds is 10. The van der Waals surface area contributed by atoms with Crippen molar-refractivity contribution in [3.63, 3.8) is 0 Å². The molecule has 1 fully saturated rings. The summed E-state index contributed by atoms with van der Waals surface area (Å²) in [6.07, 6.45) is 3.66. The van der Waals surface area contributed by atoms with Crippen molar-refractivity contribution in [3.8, 4) is 0 Å². The molecule has 4 aromatic rings. The van der Waals surface area contributed by atoms with Crippen LogP contribution in [0.1, 0.15) is 49.4 Å². The van der Waals surface area contributed by atoms with Gasteiger partial charge in [-0.3, -0.25) is 4.57 Å².